The molecule has 0 saturated carbocycles. The molecule has 0 atom stereocenters. The van der Waals surface area contributed by atoms with Crippen LogP contribution < -0.4 is 9.64 Å². The van der Waals surface area contributed by atoms with Crippen molar-refractivity contribution in [1.29, 1.82) is 0 Å². The van der Waals surface area contributed by atoms with Crippen molar-refractivity contribution < 1.29 is 14.1 Å². The first kappa shape index (κ1) is 19.0. The minimum absolute atomic E-state index is 0.164. The number of amides is 1. The van der Waals surface area contributed by atoms with Crippen LogP contribution in [0.15, 0.2) is 53.1 Å². The highest BCUT2D eigenvalue weighted by Crippen LogP contribution is 2.22. The number of carbonyl (C=O) groups is 1. The van der Waals surface area contributed by atoms with Gasteiger partial charge in [0, 0.05) is 44.4 Å². The highest BCUT2D eigenvalue weighted by Gasteiger charge is 2.21. The molecule has 1 fully saturated rings. The van der Waals surface area contributed by atoms with Gasteiger partial charge in [0.25, 0.3) is 0 Å². The standard InChI is InChI=1S/C22H24N4O3/c1-16-23-22(24-29-16)18-5-7-19(8-6-18)25-11-13-26(14-12-25)21(27)15-17-3-9-20(28-2)10-4-17/h3-10H,11-15H2,1-2H3. The third-order valence-corrected chi connectivity index (χ3v) is 5.17. The summed E-state index contributed by atoms with van der Waals surface area (Å²) in [5.74, 6) is 2.12. The minimum Gasteiger partial charge on any atom is -0.497 e. The number of methoxy groups -OCH3 is 1. The van der Waals surface area contributed by atoms with Gasteiger partial charge in [0.1, 0.15) is 5.75 Å². The summed E-state index contributed by atoms with van der Waals surface area (Å²) in [6.07, 6.45) is 0.419. The molecular weight excluding hydrogens is 368 g/mol. The summed E-state index contributed by atoms with van der Waals surface area (Å²) in [6, 6.07) is 15.8. The number of hydrogen-bond acceptors (Lipinski definition) is 6. The third-order valence-electron chi connectivity index (χ3n) is 5.17. The first-order valence-electron chi connectivity index (χ1n) is 9.69. The molecule has 0 unspecified atom stereocenters. The van der Waals surface area contributed by atoms with Gasteiger partial charge in [-0.15, -0.1) is 0 Å². The van der Waals surface area contributed by atoms with E-state index in [-0.39, 0.29) is 5.91 Å². The van der Waals surface area contributed by atoms with Crippen LogP contribution in [0.5, 0.6) is 5.75 Å². The summed E-state index contributed by atoms with van der Waals surface area (Å²) >= 11 is 0. The van der Waals surface area contributed by atoms with E-state index in [0.29, 0.717) is 18.1 Å². The van der Waals surface area contributed by atoms with Crippen LogP contribution in [0.25, 0.3) is 11.4 Å². The number of rotatable bonds is 5. The second-order valence-electron chi connectivity index (χ2n) is 7.08. The molecule has 1 saturated heterocycles. The van der Waals surface area contributed by atoms with Crippen LogP contribution >= 0.6 is 0 Å². The van der Waals surface area contributed by atoms with E-state index in [1.54, 1.807) is 14.0 Å². The van der Waals surface area contributed by atoms with Crippen molar-refractivity contribution in [3.8, 4) is 17.1 Å². The quantitative estimate of drug-likeness (QED) is 0.665. The Hall–Kier alpha value is -3.35. The third kappa shape index (κ3) is 4.39. The molecule has 0 bridgehead atoms. The second-order valence-corrected chi connectivity index (χ2v) is 7.08. The SMILES string of the molecule is COc1ccc(CC(=O)N2CCN(c3ccc(-c4noc(C)n4)cc3)CC2)cc1. The van der Waals surface area contributed by atoms with Crippen molar-refractivity contribution >= 4 is 11.6 Å². The van der Waals surface area contributed by atoms with Gasteiger partial charge >= 0.3 is 0 Å². The van der Waals surface area contributed by atoms with Crippen molar-refractivity contribution in [2.75, 3.05) is 38.2 Å². The van der Waals surface area contributed by atoms with Gasteiger partial charge in [0.05, 0.1) is 13.5 Å². The van der Waals surface area contributed by atoms with E-state index in [2.05, 4.69) is 27.2 Å². The smallest absolute Gasteiger partial charge is 0.227 e. The van der Waals surface area contributed by atoms with Crippen molar-refractivity contribution in [3.05, 3.63) is 60.0 Å². The van der Waals surface area contributed by atoms with Crippen molar-refractivity contribution in [2.24, 2.45) is 0 Å². The Morgan fingerprint density at radius 1 is 1.03 bits per heavy atom. The van der Waals surface area contributed by atoms with Crippen LogP contribution in [-0.4, -0.2) is 54.2 Å². The lowest BCUT2D eigenvalue weighted by Gasteiger charge is -2.36. The highest BCUT2D eigenvalue weighted by molar-refractivity contribution is 5.79. The molecule has 1 aliphatic heterocycles. The normalized spacial score (nSPS) is 14.1. The average molecular weight is 392 g/mol. The van der Waals surface area contributed by atoms with Gasteiger partial charge in [-0.2, -0.15) is 4.98 Å². The molecule has 7 nitrogen and oxygen atoms in total. The predicted molar refractivity (Wildman–Crippen MR) is 110 cm³/mol. The van der Waals surface area contributed by atoms with Gasteiger partial charge in [-0.05, 0) is 42.0 Å². The van der Waals surface area contributed by atoms with Crippen molar-refractivity contribution in [1.82, 2.24) is 15.0 Å². The molecule has 3 aromatic rings. The van der Waals surface area contributed by atoms with Crippen LogP contribution in [0.4, 0.5) is 5.69 Å². The van der Waals surface area contributed by atoms with E-state index in [1.807, 2.05) is 41.3 Å². The fourth-order valence-electron chi connectivity index (χ4n) is 3.48. The first-order chi connectivity index (χ1) is 14.1. The van der Waals surface area contributed by atoms with Crippen molar-refractivity contribution in [3.63, 3.8) is 0 Å². The number of ether oxygens (including phenoxy) is 1. The van der Waals surface area contributed by atoms with Crippen LogP contribution in [0.2, 0.25) is 0 Å². The topological polar surface area (TPSA) is 71.7 Å². The number of piperazine rings is 1. The lowest BCUT2D eigenvalue weighted by atomic mass is 10.1. The van der Waals surface area contributed by atoms with Gasteiger partial charge in [-0.3, -0.25) is 4.79 Å². The Morgan fingerprint density at radius 3 is 2.31 bits per heavy atom. The van der Waals surface area contributed by atoms with Crippen LogP contribution in [0.3, 0.4) is 0 Å². The minimum atomic E-state index is 0.164. The summed E-state index contributed by atoms with van der Waals surface area (Å²) in [7, 11) is 1.64. The summed E-state index contributed by atoms with van der Waals surface area (Å²) < 4.78 is 10.2. The molecule has 0 N–H and O–H groups in total. The Balaban J connectivity index is 1.32. The predicted octanol–water partition coefficient (Wildman–Crippen LogP) is 2.94. The molecule has 4 rings (SSSR count). The van der Waals surface area contributed by atoms with E-state index in [4.69, 9.17) is 9.26 Å². The maximum Gasteiger partial charge on any atom is 0.227 e. The number of nitrogens with zero attached hydrogens (tertiary/aromatic N) is 4. The number of benzene rings is 2. The number of anilines is 1. The Labute approximate surface area is 169 Å². The average Bonchev–Trinajstić information content (AvgIpc) is 3.21. The molecule has 7 heteroatoms. The fourth-order valence-corrected chi connectivity index (χ4v) is 3.48. The van der Waals surface area contributed by atoms with E-state index in [0.717, 1.165) is 48.7 Å². The lowest BCUT2D eigenvalue weighted by Crippen LogP contribution is -2.49. The summed E-state index contributed by atoms with van der Waals surface area (Å²) in [5.41, 5.74) is 3.07. The maximum atomic E-state index is 12.6. The summed E-state index contributed by atoms with van der Waals surface area (Å²) in [4.78, 5) is 21.1. The molecular formula is C22H24N4O3. The maximum absolute atomic E-state index is 12.6. The van der Waals surface area contributed by atoms with E-state index < -0.39 is 0 Å². The molecule has 2 heterocycles. The molecule has 0 radical (unpaired) electrons. The van der Waals surface area contributed by atoms with Gasteiger partial charge in [0.15, 0.2) is 0 Å². The Kier molecular flexibility index (Phi) is 5.46. The van der Waals surface area contributed by atoms with E-state index in [9.17, 15) is 4.79 Å². The van der Waals surface area contributed by atoms with Gasteiger partial charge in [0.2, 0.25) is 17.6 Å². The zero-order valence-electron chi connectivity index (χ0n) is 16.7. The lowest BCUT2D eigenvalue weighted by molar-refractivity contribution is -0.130. The van der Waals surface area contributed by atoms with E-state index >= 15 is 0 Å². The summed E-state index contributed by atoms with van der Waals surface area (Å²) in [5, 5.41) is 3.95. The van der Waals surface area contributed by atoms with Crippen LogP contribution in [0.1, 0.15) is 11.5 Å². The van der Waals surface area contributed by atoms with Crippen molar-refractivity contribution in [2.45, 2.75) is 13.3 Å². The molecule has 1 amide bonds. The molecule has 29 heavy (non-hydrogen) atoms. The second kappa shape index (κ2) is 8.34. The number of hydrogen-bond donors (Lipinski definition) is 0. The Bertz CT molecular complexity index is 958. The van der Waals surface area contributed by atoms with E-state index in [1.165, 1.54) is 0 Å². The summed E-state index contributed by atoms with van der Waals surface area (Å²) in [6.45, 7) is 4.85. The van der Waals surface area contributed by atoms with Gasteiger partial charge in [-0.25, -0.2) is 0 Å². The van der Waals surface area contributed by atoms with Gasteiger partial charge < -0.3 is 19.1 Å². The number of aromatic nitrogens is 2. The zero-order valence-corrected chi connectivity index (χ0v) is 16.7. The number of carbonyl (C=O) groups excluding carboxylic acids is 1. The zero-order chi connectivity index (χ0) is 20.2. The molecule has 2 aromatic carbocycles. The monoisotopic (exact) mass is 392 g/mol. The molecule has 150 valence electrons. The molecule has 0 aliphatic carbocycles. The number of aryl methyl sites for hydroxylation is 1. The fraction of sp³-hybridized carbons (Fsp3) is 0.318. The van der Waals surface area contributed by atoms with Crippen LogP contribution in [0, 0.1) is 6.92 Å². The molecule has 0 spiro atoms. The molecule has 1 aromatic heterocycles. The Morgan fingerprint density at radius 2 is 1.72 bits per heavy atom. The first-order valence-corrected chi connectivity index (χ1v) is 9.69. The highest BCUT2D eigenvalue weighted by atomic mass is 16.5. The van der Waals surface area contributed by atoms with Crippen LogP contribution in [-0.2, 0) is 11.2 Å². The van der Waals surface area contributed by atoms with Gasteiger partial charge in [-0.1, -0.05) is 17.3 Å². The molecule has 1 aliphatic rings. The largest absolute Gasteiger partial charge is 0.497 e.